The summed E-state index contributed by atoms with van der Waals surface area (Å²) < 4.78 is 39.1. The third-order valence-electron chi connectivity index (χ3n) is 6.20. The van der Waals surface area contributed by atoms with E-state index >= 15 is 0 Å². The number of carbonyl (C=O) groups excluding carboxylic acids is 2. The second-order valence-corrected chi connectivity index (χ2v) is 8.71. The number of benzene rings is 1. The highest BCUT2D eigenvalue weighted by Gasteiger charge is 2.35. The number of pyridine rings is 1. The lowest BCUT2D eigenvalue weighted by Crippen LogP contribution is -2.56. The Morgan fingerprint density at radius 3 is 2.81 bits per heavy atom. The van der Waals surface area contributed by atoms with Gasteiger partial charge in [-0.2, -0.15) is 0 Å². The number of nitrogens with one attached hydrogen (secondary N) is 1. The molecule has 1 fully saturated rings. The molecule has 2 N–H and O–H groups in total. The number of ether oxygens (including phenoxy) is 2. The van der Waals surface area contributed by atoms with E-state index in [1.54, 1.807) is 12.1 Å². The van der Waals surface area contributed by atoms with Crippen LogP contribution >= 0.6 is 0 Å². The third-order valence-corrected chi connectivity index (χ3v) is 6.20. The number of nitrogens with zero attached hydrogens (tertiary/aromatic N) is 3. The van der Waals surface area contributed by atoms with Gasteiger partial charge in [0.1, 0.15) is 23.9 Å². The Morgan fingerprint density at radius 1 is 1.31 bits per heavy atom. The number of hydrogen-bond donors (Lipinski definition) is 2. The molecule has 1 saturated heterocycles. The van der Waals surface area contributed by atoms with Crippen LogP contribution in [0.25, 0.3) is 0 Å². The van der Waals surface area contributed by atoms with Gasteiger partial charge in [0.15, 0.2) is 11.4 Å². The number of methoxy groups -OCH3 is 1. The fourth-order valence-electron chi connectivity index (χ4n) is 4.33. The Kier molecular flexibility index (Phi) is 7.85. The standard InChI is InChI=1S/C24H28F2N4O6/c1-35-8-3-7-29-14-28(12-17-4-2-9-36-17)24(34)20-22(32)21(31)18(13-30(20)29)23(33)27-11-15-5-6-16(25)10-19(15)26/h5-6,10,13,17,32H,2-4,7-9,11-12,14H2,1H3,(H,27,33)/t17-/m1/s1. The zero-order valence-corrected chi connectivity index (χ0v) is 19.8. The van der Waals surface area contributed by atoms with Crippen molar-refractivity contribution >= 4 is 11.8 Å². The van der Waals surface area contributed by atoms with Crippen LogP contribution in [0.2, 0.25) is 0 Å². The number of rotatable bonds is 9. The van der Waals surface area contributed by atoms with Crippen molar-refractivity contribution < 1.29 is 33.0 Å². The van der Waals surface area contributed by atoms with Crippen LogP contribution in [-0.4, -0.2) is 72.7 Å². The Bertz CT molecular complexity index is 1200. The Labute approximate surface area is 206 Å². The van der Waals surface area contributed by atoms with Gasteiger partial charge in [-0.3, -0.25) is 24.1 Å². The van der Waals surface area contributed by atoms with Gasteiger partial charge in [-0.05, 0) is 25.3 Å². The fraction of sp³-hybridized carbons (Fsp3) is 0.458. The Hall–Kier alpha value is -3.51. The minimum atomic E-state index is -1.03. The highest BCUT2D eigenvalue weighted by molar-refractivity contribution is 5.99. The lowest BCUT2D eigenvalue weighted by Gasteiger charge is -2.40. The zero-order valence-electron chi connectivity index (χ0n) is 19.8. The predicted octanol–water partition coefficient (Wildman–Crippen LogP) is 1.33. The molecule has 0 spiro atoms. The molecule has 2 amide bonds. The largest absolute Gasteiger partial charge is 0.502 e. The van der Waals surface area contributed by atoms with E-state index in [2.05, 4.69) is 5.32 Å². The summed E-state index contributed by atoms with van der Waals surface area (Å²) in [6.07, 6.45) is 3.34. The number of amides is 2. The second kappa shape index (κ2) is 11.0. The van der Waals surface area contributed by atoms with Crippen LogP contribution in [-0.2, 0) is 16.0 Å². The van der Waals surface area contributed by atoms with Crippen molar-refractivity contribution in [1.29, 1.82) is 0 Å². The van der Waals surface area contributed by atoms with E-state index < -0.39 is 40.2 Å². The van der Waals surface area contributed by atoms with Gasteiger partial charge >= 0.3 is 0 Å². The highest BCUT2D eigenvalue weighted by atomic mass is 19.1. The molecule has 3 heterocycles. The zero-order chi connectivity index (χ0) is 25.8. The van der Waals surface area contributed by atoms with Gasteiger partial charge in [-0.15, -0.1) is 0 Å². The Balaban J connectivity index is 1.62. The molecule has 12 heteroatoms. The first-order chi connectivity index (χ1) is 17.3. The maximum Gasteiger partial charge on any atom is 0.277 e. The molecule has 1 aromatic carbocycles. The van der Waals surface area contributed by atoms with E-state index in [9.17, 15) is 28.3 Å². The molecule has 2 aromatic rings. The molecule has 36 heavy (non-hydrogen) atoms. The van der Waals surface area contributed by atoms with E-state index in [-0.39, 0.29) is 30.6 Å². The van der Waals surface area contributed by atoms with Crippen LogP contribution in [0.15, 0.2) is 29.2 Å². The van der Waals surface area contributed by atoms with Crippen molar-refractivity contribution in [2.45, 2.75) is 31.9 Å². The highest BCUT2D eigenvalue weighted by Crippen LogP contribution is 2.23. The SMILES string of the molecule is COCCCN1CN(C[C@H]2CCCO2)C(=O)c2c(O)c(=O)c(C(=O)NCc3ccc(F)cc3F)cn21. The predicted molar refractivity (Wildman–Crippen MR) is 124 cm³/mol. The normalized spacial score (nSPS) is 17.4. The molecule has 0 radical (unpaired) electrons. The van der Waals surface area contributed by atoms with Gasteiger partial charge in [-0.25, -0.2) is 8.78 Å². The van der Waals surface area contributed by atoms with Crippen LogP contribution in [0.4, 0.5) is 8.78 Å². The fourth-order valence-corrected chi connectivity index (χ4v) is 4.33. The summed E-state index contributed by atoms with van der Waals surface area (Å²) in [5.41, 5.74) is -1.67. The van der Waals surface area contributed by atoms with E-state index in [0.29, 0.717) is 38.8 Å². The molecule has 0 aliphatic carbocycles. The Morgan fingerprint density at radius 2 is 2.11 bits per heavy atom. The number of halogens is 2. The quantitative estimate of drug-likeness (QED) is 0.494. The van der Waals surface area contributed by atoms with Crippen molar-refractivity contribution in [3.8, 4) is 5.75 Å². The average molecular weight is 507 g/mol. The van der Waals surface area contributed by atoms with Crippen LogP contribution in [0.5, 0.6) is 5.75 Å². The summed E-state index contributed by atoms with van der Waals surface area (Å²) >= 11 is 0. The molecule has 0 unspecified atom stereocenters. The van der Waals surface area contributed by atoms with Crippen molar-refractivity contribution in [1.82, 2.24) is 14.9 Å². The minimum Gasteiger partial charge on any atom is -0.502 e. The molecule has 1 aromatic heterocycles. The molecule has 2 aliphatic rings. The van der Waals surface area contributed by atoms with Crippen LogP contribution < -0.4 is 15.8 Å². The van der Waals surface area contributed by atoms with Crippen molar-refractivity contribution in [2.75, 3.05) is 45.1 Å². The summed E-state index contributed by atoms with van der Waals surface area (Å²) in [7, 11) is 1.56. The lowest BCUT2D eigenvalue weighted by molar-refractivity contribution is 0.0455. The number of aromatic nitrogens is 1. The summed E-state index contributed by atoms with van der Waals surface area (Å²) in [6.45, 7) is 1.61. The van der Waals surface area contributed by atoms with Gasteiger partial charge in [-0.1, -0.05) is 6.07 Å². The monoisotopic (exact) mass is 506 g/mol. The van der Waals surface area contributed by atoms with Gasteiger partial charge < -0.3 is 24.8 Å². The topological polar surface area (TPSA) is 113 Å². The average Bonchev–Trinajstić information content (AvgIpc) is 3.36. The first-order valence-electron chi connectivity index (χ1n) is 11.7. The van der Waals surface area contributed by atoms with Crippen molar-refractivity contribution in [3.05, 3.63) is 63.1 Å². The van der Waals surface area contributed by atoms with E-state index in [4.69, 9.17) is 9.47 Å². The summed E-state index contributed by atoms with van der Waals surface area (Å²) in [6, 6.07) is 2.92. The number of fused-ring (bicyclic) bond motifs is 1. The molecule has 1 atom stereocenters. The summed E-state index contributed by atoms with van der Waals surface area (Å²) in [4.78, 5) is 40.4. The molecule has 10 nitrogen and oxygen atoms in total. The third kappa shape index (κ3) is 5.34. The van der Waals surface area contributed by atoms with E-state index in [0.717, 1.165) is 18.9 Å². The first kappa shape index (κ1) is 25.6. The van der Waals surface area contributed by atoms with Crippen LogP contribution in [0.3, 0.4) is 0 Å². The van der Waals surface area contributed by atoms with Gasteiger partial charge in [0, 0.05) is 57.8 Å². The molecular weight excluding hydrogens is 478 g/mol. The molecule has 0 bridgehead atoms. The molecule has 194 valence electrons. The van der Waals surface area contributed by atoms with Crippen LogP contribution in [0.1, 0.15) is 45.7 Å². The van der Waals surface area contributed by atoms with Gasteiger partial charge in [0.2, 0.25) is 5.43 Å². The van der Waals surface area contributed by atoms with E-state index in [1.807, 2.05) is 0 Å². The molecule has 2 aliphatic heterocycles. The smallest absolute Gasteiger partial charge is 0.277 e. The number of hydrogen-bond acceptors (Lipinski definition) is 7. The maximum atomic E-state index is 13.9. The lowest BCUT2D eigenvalue weighted by atomic mass is 10.1. The summed E-state index contributed by atoms with van der Waals surface area (Å²) in [5.74, 6) is -3.88. The second-order valence-electron chi connectivity index (χ2n) is 8.71. The molecule has 0 saturated carbocycles. The molecule has 4 rings (SSSR count). The number of aromatic hydroxyl groups is 1. The first-order valence-corrected chi connectivity index (χ1v) is 11.7. The molecular formula is C24H28F2N4O6. The van der Waals surface area contributed by atoms with Crippen molar-refractivity contribution in [2.24, 2.45) is 0 Å². The van der Waals surface area contributed by atoms with Gasteiger partial charge in [0.25, 0.3) is 11.8 Å². The van der Waals surface area contributed by atoms with Crippen LogP contribution in [0, 0.1) is 11.6 Å². The summed E-state index contributed by atoms with van der Waals surface area (Å²) in [5, 5.41) is 14.9. The van der Waals surface area contributed by atoms with Crippen molar-refractivity contribution in [3.63, 3.8) is 0 Å². The minimum absolute atomic E-state index is 0.0215. The van der Waals surface area contributed by atoms with E-state index in [1.165, 1.54) is 21.8 Å². The number of carbonyl (C=O) groups is 2. The maximum absolute atomic E-state index is 13.9. The van der Waals surface area contributed by atoms with Gasteiger partial charge in [0.05, 0.1) is 6.10 Å².